The predicted molar refractivity (Wildman–Crippen MR) is 75.9 cm³/mol. The lowest BCUT2D eigenvalue weighted by molar-refractivity contribution is 0.493. The van der Waals surface area contributed by atoms with Gasteiger partial charge in [0.1, 0.15) is 5.76 Å². The molecule has 4 nitrogen and oxygen atoms in total. The Hall–Kier alpha value is -1.45. The zero-order chi connectivity index (χ0) is 13.6. The average Bonchev–Trinajstić information content (AvgIpc) is 2.66. The van der Waals surface area contributed by atoms with Crippen LogP contribution in [0.1, 0.15) is 40.4 Å². The van der Waals surface area contributed by atoms with Gasteiger partial charge in [-0.3, -0.25) is 4.99 Å². The third-order valence-electron chi connectivity index (χ3n) is 2.13. The summed E-state index contributed by atoms with van der Waals surface area (Å²) in [5.74, 6) is 1.82. The van der Waals surface area contributed by atoms with Gasteiger partial charge in [-0.2, -0.15) is 0 Å². The summed E-state index contributed by atoms with van der Waals surface area (Å²) < 4.78 is 5.29. The van der Waals surface area contributed by atoms with Crippen LogP contribution in [0.3, 0.4) is 0 Å². The lowest BCUT2D eigenvalue weighted by Crippen LogP contribution is -2.49. The lowest BCUT2D eigenvalue weighted by Gasteiger charge is -2.25. The maximum Gasteiger partial charge on any atom is 0.191 e. The molecule has 0 radical (unpaired) electrons. The van der Waals surface area contributed by atoms with Gasteiger partial charge < -0.3 is 15.1 Å². The van der Waals surface area contributed by atoms with E-state index in [1.165, 1.54) is 0 Å². The fourth-order valence-corrected chi connectivity index (χ4v) is 1.48. The van der Waals surface area contributed by atoms with Crippen molar-refractivity contribution in [3.8, 4) is 0 Å². The number of guanidine groups is 1. The van der Waals surface area contributed by atoms with Crippen molar-refractivity contribution in [1.29, 1.82) is 0 Å². The molecule has 1 heterocycles. The highest BCUT2D eigenvalue weighted by Crippen LogP contribution is 2.02. The number of aliphatic imine (C=N–C) groups is 1. The van der Waals surface area contributed by atoms with Crippen molar-refractivity contribution in [3.63, 3.8) is 0 Å². The second kappa shape index (κ2) is 6.47. The van der Waals surface area contributed by atoms with Crippen LogP contribution in [0.15, 0.2) is 27.8 Å². The van der Waals surface area contributed by atoms with Crippen molar-refractivity contribution < 1.29 is 4.42 Å². The van der Waals surface area contributed by atoms with Gasteiger partial charge in [-0.1, -0.05) is 0 Å². The van der Waals surface area contributed by atoms with Crippen LogP contribution in [0.2, 0.25) is 0 Å². The number of hydrogen-bond donors (Lipinski definition) is 2. The summed E-state index contributed by atoms with van der Waals surface area (Å²) in [7, 11) is 0. The molecule has 102 valence electrons. The van der Waals surface area contributed by atoms with Gasteiger partial charge in [0.05, 0.1) is 6.26 Å². The van der Waals surface area contributed by atoms with Crippen molar-refractivity contribution in [3.05, 3.63) is 24.2 Å². The molecule has 0 unspecified atom stereocenters. The molecule has 0 amide bonds. The first-order valence-corrected chi connectivity index (χ1v) is 6.48. The third kappa shape index (κ3) is 6.33. The van der Waals surface area contributed by atoms with E-state index in [2.05, 4.69) is 50.2 Å². The number of furan rings is 1. The van der Waals surface area contributed by atoms with E-state index >= 15 is 0 Å². The van der Waals surface area contributed by atoms with E-state index in [9.17, 15) is 0 Å². The molecule has 0 aliphatic heterocycles. The first-order valence-electron chi connectivity index (χ1n) is 6.48. The van der Waals surface area contributed by atoms with E-state index in [1.54, 1.807) is 6.26 Å². The molecule has 0 spiro atoms. The number of nitrogens with one attached hydrogen (secondary N) is 2. The number of nitrogens with zero attached hydrogens (tertiary/aromatic N) is 1. The first kappa shape index (κ1) is 14.6. The summed E-state index contributed by atoms with van der Waals surface area (Å²) in [5, 5.41) is 6.70. The standard InChI is InChI=1S/C14H25N3O/c1-11(2)16-13(17-14(3,4)5)15-9-8-12-7-6-10-18-12/h6-7,10-11H,8-9H2,1-5H3,(H2,15,16,17). The minimum Gasteiger partial charge on any atom is -0.469 e. The fourth-order valence-electron chi connectivity index (χ4n) is 1.48. The Balaban J connectivity index is 2.52. The highest BCUT2D eigenvalue weighted by molar-refractivity contribution is 5.80. The van der Waals surface area contributed by atoms with E-state index in [0.717, 1.165) is 18.1 Å². The zero-order valence-electron chi connectivity index (χ0n) is 12.1. The van der Waals surface area contributed by atoms with Crippen LogP contribution in [-0.4, -0.2) is 24.1 Å². The molecule has 1 aromatic heterocycles. The molecule has 0 atom stereocenters. The summed E-state index contributed by atoms with van der Waals surface area (Å²) >= 11 is 0. The Morgan fingerprint density at radius 1 is 1.39 bits per heavy atom. The Labute approximate surface area is 110 Å². The van der Waals surface area contributed by atoms with Crippen molar-refractivity contribution in [2.75, 3.05) is 6.54 Å². The van der Waals surface area contributed by atoms with Crippen molar-refractivity contribution in [1.82, 2.24) is 10.6 Å². The predicted octanol–water partition coefficient (Wildman–Crippen LogP) is 2.56. The monoisotopic (exact) mass is 251 g/mol. The summed E-state index contributed by atoms with van der Waals surface area (Å²) in [6, 6.07) is 4.24. The van der Waals surface area contributed by atoms with E-state index in [4.69, 9.17) is 4.42 Å². The Morgan fingerprint density at radius 3 is 2.61 bits per heavy atom. The van der Waals surface area contributed by atoms with Crippen LogP contribution in [0, 0.1) is 0 Å². The van der Waals surface area contributed by atoms with E-state index < -0.39 is 0 Å². The normalized spacial score (nSPS) is 12.9. The summed E-state index contributed by atoms with van der Waals surface area (Å²) in [6.07, 6.45) is 2.52. The molecule has 0 saturated carbocycles. The van der Waals surface area contributed by atoms with Crippen molar-refractivity contribution in [2.45, 2.75) is 52.6 Å². The van der Waals surface area contributed by atoms with Gasteiger partial charge in [0, 0.05) is 24.5 Å². The summed E-state index contributed by atoms with van der Waals surface area (Å²) in [4.78, 5) is 4.56. The number of rotatable bonds is 4. The number of hydrogen-bond acceptors (Lipinski definition) is 2. The first-order chi connectivity index (χ1) is 8.37. The Bertz CT molecular complexity index is 361. The van der Waals surface area contributed by atoms with Crippen molar-refractivity contribution in [2.24, 2.45) is 4.99 Å². The van der Waals surface area contributed by atoms with Gasteiger partial charge in [0.2, 0.25) is 0 Å². The highest BCUT2D eigenvalue weighted by Gasteiger charge is 2.12. The maximum absolute atomic E-state index is 5.29. The molecule has 4 heteroatoms. The van der Waals surface area contributed by atoms with Gasteiger partial charge in [-0.25, -0.2) is 0 Å². The smallest absolute Gasteiger partial charge is 0.191 e. The molecular weight excluding hydrogens is 226 g/mol. The molecule has 0 aliphatic carbocycles. The Kier molecular flexibility index (Phi) is 5.25. The van der Waals surface area contributed by atoms with E-state index in [1.807, 2.05) is 12.1 Å². The maximum atomic E-state index is 5.29. The second-order valence-electron chi connectivity index (χ2n) is 5.73. The van der Waals surface area contributed by atoms with Crippen LogP contribution < -0.4 is 10.6 Å². The van der Waals surface area contributed by atoms with Gasteiger partial charge in [0.25, 0.3) is 0 Å². The molecule has 0 fully saturated rings. The van der Waals surface area contributed by atoms with Gasteiger partial charge in [-0.05, 0) is 46.8 Å². The van der Waals surface area contributed by atoms with Gasteiger partial charge in [-0.15, -0.1) is 0 Å². The van der Waals surface area contributed by atoms with Crippen LogP contribution >= 0.6 is 0 Å². The van der Waals surface area contributed by atoms with Gasteiger partial charge in [0.15, 0.2) is 5.96 Å². The molecule has 1 aromatic rings. The van der Waals surface area contributed by atoms with Crippen molar-refractivity contribution >= 4 is 5.96 Å². The largest absolute Gasteiger partial charge is 0.469 e. The molecule has 1 rings (SSSR count). The quantitative estimate of drug-likeness (QED) is 0.638. The lowest BCUT2D eigenvalue weighted by atomic mass is 10.1. The summed E-state index contributed by atoms with van der Waals surface area (Å²) in [5.41, 5.74) is 0.00536. The highest BCUT2D eigenvalue weighted by atomic mass is 16.3. The molecule has 0 aromatic carbocycles. The molecular formula is C14H25N3O. The van der Waals surface area contributed by atoms with E-state index in [-0.39, 0.29) is 5.54 Å². The van der Waals surface area contributed by atoms with Crippen LogP contribution in [0.25, 0.3) is 0 Å². The molecule has 0 saturated heterocycles. The molecule has 2 N–H and O–H groups in total. The van der Waals surface area contributed by atoms with Crippen LogP contribution in [0.5, 0.6) is 0 Å². The second-order valence-corrected chi connectivity index (χ2v) is 5.73. The summed E-state index contributed by atoms with van der Waals surface area (Å²) in [6.45, 7) is 11.3. The average molecular weight is 251 g/mol. The van der Waals surface area contributed by atoms with E-state index in [0.29, 0.717) is 12.6 Å². The van der Waals surface area contributed by atoms with Gasteiger partial charge >= 0.3 is 0 Å². The zero-order valence-corrected chi connectivity index (χ0v) is 12.1. The molecule has 0 bridgehead atoms. The fraction of sp³-hybridized carbons (Fsp3) is 0.643. The third-order valence-corrected chi connectivity index (χ3v) is 2.13. The molecule has 18 heavy (non-hydrogen) atoms. The van der Waals surface area contributed by atoms with Crippen LogP contribution in [0.4, 0.5) is 0 Å². The topological polar surface area (TPSA) is 49.6 Å². The Morgan fingerprint density at radius 2 is 2.11 bits per heavy atom. The minimum atomic E-state index is 0.00536. The minimum absolute atomic E-state index is 0.00536. The molecule has 0 aliphatic rings. The van der Waals surface area contributed by atoms with Crippen LogP contribution in [-0.2, 0) is 6.42 Å². The SMILES string of the molecule is CC(C)NC(=NCCc1ccco1)NC(C)(C)C.